The summed E-state index contributed by atoms with van der Waals surface area (Å²) in [6, 6.07) is 10.6. The van der Waals surface area contributed by atoms with E-state index in [2.05, 4.69) is 5.32 Å². The van der Waals surface area contributed by atoms with Crippen LogP contribution in [0.3, 0.4) is 0 Å². The number of hydrogen-bond acceptors (Lipinski definition) is 6. The Kier molecular flexibility index (Phi) is 5.90. The summed E-state index contributed by atoms with van der Waals surface area (Å²) in [4.78, 5) is 23.8. The predicted octanol–water partition coefficient (Wildman–Crippen LogP) is 1.94. The monoisotopic (exact) mass is 418 g/mol. The number of amides is 1. The second-order valence-corrected chi connectivity index (χ2v) is 8.50. The van der Waals surface area contributed by atoms with Crippen LogP contribution in [0.5, 0.6) is 5.75 Å². The smallest absolute Gasteiger partial charge is 0.324 e. The fraction of sp³-hybridized carbons (Fsp3) is 0.300. The van der Waals surface area contributed by atoms with Crippen LogP contribution < -0.4 is 10.1 Å². The molecule has 0 fully saturated rings. The number of sulfonamides is 1. The van der Waals surface area contributed by atoms with Crippen LogP contribution >= 0.6 is 0 Å². The number of benzene rings is 2. The average molecular weight is 418 g/mol. The van der Waals surface area contributed by atoms with E-state index in [1.165, 1.54) is 39.3 Å². The summed E-state index contributed by atoms with van der Waals surface area (Å²) in [7, 11) is -1.41. The van der Waals surface area contributed by atoms with Crippen LogP contribution in [0.25, 0.3) is 0 Å². The molecule has 0 unspecified atom stereocenters. The first-order valence-corrected chi connectivity index (χ1v) is 10.3. The topological polar surface area (TPSA) is 102 Å². The molecule has 1 amide bonds. The molecule has 1 aliphatic heterocycles. The van der Waals surface area contributed by atoms with Crippen molar-refractivity contribution in [3.05, 3.63) is 53.6 Å². The third-order valence-corrected chi connectivity index (χ3v) is 6.62. The number of carbonyl (C=O) groups excluding carboxylic acids is 2. The van der Waals surface area contributed by atoms with Crippen LogP contribution in [0.4, 0.5) is 5.69 Å². The molecule has 2 aromatic rings. The molecule has 8 nitrogen and oxygen atoms in total. The lowest BCUT2D eigenvalue weighted by Crippen LogP contribution is -2.49. The van der Waals surface area contributed by atoms with E-state index in [9.17, 15) is 18.0 Å². The summed E-state index contributed by atoms with van der Waals surface area (Å²) in [5.74, 6) is -0.663. The van der Waals surface area contributed by atoms with E-state index in [0.717, 1.165) is 15.4 Å². The van der Waals surface area contributed by atoms with Crippen LogP contribution in [0, 0.1) is 0 Å². The lowest BCUT2D eigenvalue weighted by molar-refractivity contribution is -0.145. The Morgan fingerprint density at radius 2 is 1.79 bits per heavy atom. The molecule has 0 aromatic heterocycles. The van der Waals surface area contributed by atoms with Gasteiger partial charge in [-0.15, -0.1) is 0 Å². The molecule has 0 saturated carbocycles. The third-order valence-electron chi connectivity index (χ3n) is 4.77. The van der Waals surface area contributed by atoms with E-state index in [1.807, 2.05) is 24.3 Å². The van der Waals surface area contributed by atoms with Crippen LogP contribution in [-0.4, -0.2) is 44.9 Å². The lowest BCUT2D eigenvalue weighted by atomic mass is 9.96. The molecule has 2 aromatic carbocycles. The van der Waals surface area contributed by atoms with Gasteiger partial charge in [-0.2, -0.15) is 4.31 Å². The second-order valence-electron chi connectivity index (χ2n) is 6.61. The Labute approximate surface area is 169 Å². The van der Waals surface area contributed by atoms with Gasteiger partial charge in [-0.3, -0.25) is 9.59 Å². The summed E-state index contributed by atoms with van der Waals surface area (Å²) in [5, 5.41) is 2.56. The van der Waals surface area contributed by atoms with E-state index >= 15 is 0 Å². The number of nitrogens with zero attached hydrogens (tertiary/aromatic N) is 1. The minimum Gasteiger partial charge on any atom is -0.495 e. The van der Waals surface area contributed by atoms with Crippen molar-refractivity contribution in [1.29, 1.82) is 0 Å². The van der Waals surface area contributed by atoms with Gasteiger partial charge in [0.25, 0.3) is 0 Å². The molecular weight excluding hydrogens is 396 g/mol. The van der Waals surface area contributed by atoms with Gasteiger partial charge in [0.2, 0.25) is 15.9 Å². The highest BCUT2D eigenvalue weighted by molar-refractivity contribution is 7.89. The Balaban J connectivity index is 2.07. The number of methoxy groups -OCH3 is 2. The molecule has 9 heteroatoms. The first-order valence-electron chi connectivity index (χ1n) is 8.90. The fourth-order valence-electron chi connectivity index (χ4n) is 3.36. The molecule has 0 bridgehead atoms. The van der Waals surface area contributed by atoms with Gasteiger partial charge in [-0.25, -0.2) is 8.42 Å². The van der Waals surface area contributed by atoms with Crippen LogP contribution in [-0.2, 0) is 37.3 Å². The molecular formula is C20H22N2O6S. The molecule has 154 valence electrons. The molecule has 1 aliphatic rings. The number of anilines is 1. The van der Waals surface area contributed by atoms with Crippen molar-refractivity contribution in [3.63, 3.8) is 0 Å². The Hall–Kier alpha value is -2.91. The van der Waals surface area contributed by atoms with Crippen molar-refractivity contribution in [2.45, 2.75) is 30.8 Å². The Bertz CT molecular complexity index is 1050. The molecule has 0 saturated heterocycles. The Morgan fingerprint density at radius 1 is 1.10 bits per heavy atom. The highest BCUT2D eigenvalue weighted by Crippen LogP contribution is 2.33. The molecule has 29 heavy (non-hydrogen) atoms. The predicted molar refractivity (Wildman–Crippen MR) is 106 cm³/mol. The normalized spacial score (nSPS) is 16.6. The molecule has 0 aliphatic carbocycles. The molecule has 1 atom stereocenters. The molecule has 1 heterocycles. The number of rotatable bonds is 5. The van der Waals surface area contributed by atoms with Crippen LogP contribution in [0.2, 0.25) is 0 Å². The van der Waals surface area contributed by atoms with Gasteiger partial charge in [0, 0.05) is 19.9 Å². The first kappa shape index (κ1) is 20.8. The minimum absolute atomic E-state index is 0.0414. The number of nitrogens with one attached hydrogen (secondary N) is 1. The number of ether oxygens (including phenoxy) is 2. The van der Waals surface area contributed by atoms with Gasteiger partial charge in [-0.1, -0.05) is 24.3 Å². The Morgan fingerprint density at radius 3 is 2.41 bits per heavy atom. The van der Waals surface area contributed by atoms with Crippen molar-refractivity contribution in [2.24, 2.45) is 0 Å². The zero-order valence-electron chi connectivity index (χ0n) is 16.3. The highest BCUT2D eigenvalue weighted by Gasteiger charge is 2.40. The summed E-state index contributed by atoms with van der Waals surface area (Å²) >= 11 is 0. The number of fused-ring (bicyclic) bond motifs is 1. The molecule has 0 spiro atoms. The summed E-state index contributed by atoms with van der Waals surface area (Å²) in [6.45, 7) is 1.36. The SMILES string of the molecule is COC(=O)[C@H]1Cc2ccccc2CN1S(=O)(=O)c1ccc(OC)c(NC(C)=O)c1. The van der Waals surface area contributed by atoms with Gasteiger partial charge in [0.1, 0.15) is 11.8 Å². The van der Waals surface area contributed by atoms with E-state index in [-0.39, 0.29) is 29.5 Å². The van der Waals surface area contributed by atoms with Gasteiger partial charge in [0.05, 0.1) is 24.8 Å². The van der Waals surface area contributed by atoms with Gasteiger partial charge in [0.15, 0.2) is 0 Å². The second kappa shape index (κ2) is 8.22. The van der Waals surface area contributed by atoms with Crippen LogP contribution in [0.1, 0.15) is 18.1 Å². The van der Waals surface area contributed by atoms with Crippen molar-refractivity contribution >= 4 is 27.6 Å². The van der Waals surface area contributed by atoms with Crippen LogP contribution in [0.15, 0.2) is 47.4 Å². The number of esters is 1. The summed E-state index contributed by atoms with van der Waals surface area (Å²) < 4.78 is 38.0. The van der Waals surface area contributed by atoms with E-state index in [1.54, 1.807) is 0 Å². The first-order chi connectivity index (χ1) is 13.8. The van der Waals surface area contributed by atoms with Crippen molar-refractivity contribution < 1.29 is 27.5 Å². The standard InChI is InChI=1S/C20H22N2O6S/c1-13(23)21-17-11-16(8-9-19(17)27-2)29(25,26)22-12-15-7-5-4-6-14(15)10-18(22)20(24)28-3/h4-9,11,18H,10,12H2,1-3H3,(H,21,23)/t18-/m1/s1. The van der Waals surface area contributed by atoms with Crippen molar-refractivity contribution in [2.75, 3.05) is 19.5 Å². The maximum atomic E-state index is 13.4. The van der Waals surface area contributed by atoms with Gasteiger partial charge in [-0.05, 0) is 29.3 Å². The number of hydrogen-bond donors (Lipinski definition) is 1. The van der Waals surface area contributed by atoms with Crippen molar-refractivity contribution in [1.82, 2.24) is 4.31 Å². The third kappa shape index (κ3) is 4.10. The van der Waals surface area contributed by atoms with E-state index in [4.69, 9.17) is 9.47 Å². The quantitative estimate of drug-likeness (QED) is 0.745. The maximum absolute atomic E-state index is 13.4. The van der Waals surface area contributed by atoms with E-state index < -0.39 is 22.0 Å². The van der Waals surface area contributed by atoms with E-state index in [0.29, 0.717) is 5.75 Å². The van der Waals surface area contributed by atoms with Gasteiger partial charge >= 0.3 is 5.97 Å². The highest BCUT2D eigenvalue weighted by atomic mass is 32.2. The maximum Gasteiger partial charge on any atom is 0.324 e. The largest absolute Gasteiger partial charge is 0.495 e. The zero-order chi connectivity index (χ0) is 21.2. The minimum atomic E-state index is -4.07. The lowest BCUT2D eigenvalue weighted by Gasteiger charge is -2.34. The molecule has 0 radical (unpaired) electrons. The summed E-state index contributed by atoms with van der Waals surface area (Å²) in [6.07, 6.45) is 0.219. The molecule has 3 rings (SSSR count). The molecule has 1 N–H and O–H groups in total. The summed E-state index contributed by atoms with van der Waals surface area (Å²) in [5.41, 5.74) is 1.96. The zero-order valence-corrected chi connectivity index (χ0v) is 17.2. The average Bonchev–Trinajstić information content (AvgIpc) is 2.71. The van der Waals surface area contributed by atoms with Crippen molar-refractivity contribution in [3.8, 4) is 5.75 Å². The number of carbonyl (C=O) groups is 2. The fourth-order valence-corrected chi connectivity index (χ4v) is 4.94. The van der Waals surface area contributed by atoms with Gasteiger partial charge < -0.3 is 14.8 Å².